The number of benzene rings is 3. The van der Waals surface area contributed by atoms with E-state index in [9.17, 15) is 4.79 Å². The maximum absolute atomic E-state index is 12.9. The molecule has 3 aromatic rings. The molecule has 0 spiro atoms. The first-order valence-electron chi connectivity index (χ1n) is 9.25. The van der Waals surface area contributed by atoms with Gasteiger partial charge in [0.1, 0.15) is 0 Å². The molecule has 0 amide bonds. The molecule has 0 aromatic heterocycles. The largest absolute Gasteiger partial charge is 0.289 e. The number of hydrogen-bond acceptors (Lipinski definition) is 1. The predicted molar refractivity (Wildman–Crippen MR) is 108 cm³/mol. The number of allylic oxidation sites excluding steroid dienone is 1. The monoisotopic (exact) mass is 338 g/mol. The Kier molecular flexibility index (Phi) is 4.79. The van der Waals surface area contributed by atoms with Crippen LogP contribution in [-0.4, -0.2) is 5.78 Å². The first-order chi connectivity index (χ1) is 12.8. The highest BCUT2D eigenvalue weighted by Gasteiger charge is 2.12. The molecule has 0 atom stereocenters. The SMILES string of the molecule is O=C(C=Cc1ccccc1)c1cc2ccc1CCc1ccc(cc1)CC2. The van der Waals surface area contributed by atoms with E-state index < -0.39 is 0 Å². The van der Waals surface area contributed by atoms with Crippen LogP contribution >= 0.6 is 0 Å². The van der Waals surface area contributed by atoms with E-state index in [4.69, 9.17) is 0 Å². The molecule has 0 fully saturated rings. The highest BCUT2D eigenvalue weighted by molar-refractivity contribution is 6.08. The van der Waals surface area contributed by atoms with E-state index in [0.29, 0.717) is 0 Å². The van der Waals surface area contributed by atoms with Crippen LogP contribution in [0.4, 0.5) is 0 Å². The van der Waals surface area contributed by atoms with Crippen molar-refractivity contribution in [2.24, 2.45) is 0 Å². The average Bonchev–Trinajstić information content (AvgIpc) is 2.69. The van der Waals surface area contributed by atoms with E-state index in [1.54, 1.807) is 6.08 Å². The molecule has 0 aliphatic heterocycles. The smallest absolute Gasteiger partial charge is 0.186 e. The van der Waals surface area contributed by atoms with E-state index in [1.165, 1.54) is 16.7 Å². The molecule has 3 aromatic carbocycles. The summed E-state index contributed by atoms with van der Waals surface area (Å²) in [6, 6.07) is 25.3. The summed E-state index contributed by atoms with van der Waals surface area (Å²) in [7, 11) is 0. The lowest BCUT2D eigenvalue weighted by atomic mass is 9.91. The van der Waals surface area contributed by atoms with Gasteiger partial charge in [-0.1, -0.05) is 72.8 Å². The first kappa shape index (κ1) is 16.5. The Labute approximate surface area is 155 Å². The second kappa shape index (κ2) is 7.53. The van der Waals surface area contributed by atoms with Crippen LogP contribution in [0.1, 0.15) is 38.2 Å². The third-order valence-electron chi connectivity index (χ3n) is 5.07. The van der Waals surface area contributed by atoms with Gasteiger partial charge >= 0.3 is 0 Å². The topological polar surface area (TPSA) is 17.1 Å². The second-order valence-electron chi connectivity index (χ2n) is 6.92. The predicted octanol–water partition coefficient (Wildman–Crippen LogP) is 5.47. The number of carbonyl (C=O) groups is 1. The summed E-state index contributed by atoms with van der Waals surface area (Å²) in [5, 5.41) is 0. The van der Waals surface area contributed by atoms with Gasteiger partial charge in [0.15, 0.2) is 5.78 Å². The third kappa shape index (κ3) is 3.83. The Morgan fingerprint density at radius 1 is 0.692 bits per heavy atom. The van der Waals surface area contributed by atoms with Gasteiger partial charge in [0.05, 0.1) is 0 Å². The fourth-order valence-corrected chi connectivity index (χ4v) is 3.49. The van der Waals surface area contributed by atoms with Crippen molar-refractivity contribution in [1.82, 2.24) is 0 Å². The van der Waals surface area contributed by atoms with E-state index in [0.717, 1.165) is 42.4 Å². The minimum absolute atomic E-state index is 0.0941. The molecule has 26 heavy (non-hydrogen) atoms. The molecule has 4 aliphatic carbocycles. The van der Waals surface area contributed by atoms with Crippen molar-refractivity contribution >= 4 is 11.9 Å². The van der Waals surface area contributed by atoms with Crippen LogP contribution in [0.2, 0.25) is 0 Å². The Bertz CT molecular complexity index is 934. The van der Waals surface area contributed by atoms with Crippen LogP contribution in [0.15, 0.2) is 78.9 Å². The van der Waals surface area contributed by atoms with Gasteiger partial charge in [-0.05, 0) is 65.6 Å². The molecule has 128 valence electrons. The van der Waals surface area contributed by atoms with E-state index >= 15 is 0 Å². The van der Waals surface area contributed by atoms with Gasteiger partial charge in [0, 0.05) is 5.56 Å². The molecule has 0 heterocycles. The van der Waals surface area contributed by atoms with Gasteiger partial charge in [-0.3, -0.25) is 4.79 Å². The fraction of sp³-hybridized carbons (Fsp3) is 0.160. The van der Waals surface area contributed by atoms with Crippen molar-refractivity contribution < 1.29 is 4.79 Å². The lowest BCUT2D eigenvalue weighted by Crippen LogP contribution is -2.06. The van der Waals surface area contributed by atoms with Crippen molar-refractivity contribution in [3.8, 4) is 0 Å². The number of aryl methyl sites for hydroxylation is 4. The van der Waals surface area contributed by atoms with Crippen molar-refractivity contribution in [2.45, 2.75) is 25.7 Å². The van der Waals surface area contributed by atoms with E-state index in [1.807, 2.05) is 36.4 Å². The molecule has 0 radical (unpaired) electrons. The van der Waals surface area contributed by atoms with Gasteiger partial charge in [-0.25, -0.2) is 0 Å². The number of ketones is 1. The number of carbonyl (C=O) groups excluding carboxylic acids is 1. The Morgan fingerprint density at radius 2 is 1.31 bits per heavy atom. The molecule has 4 aliphatic rings. The van der Waals surface area contributed by atoms with Crippen molar-refractivity contribution in [3.63, 3.8) is 0 Å². The Hall–Kier alpha value is -2.93. The fourth-order valence-electron chi connectivity index (χ4n) is 3.49. The molecule has 0 unspecified atom stereocenters. The quantitative estimate of drug-likeness (QED) is 0.457. The van der Waals surface area contributed by atoms with Crippen LogP contribution in [0.5, 0.6) is 0 Å². The van der Waals surface area contributed by atoms with Crippen molar-refractivity contribution in [2.75, 3.05) is 0 Å². The zero-order valence-corrected chi connectivity index (χ0v) is 14.8. The highest BCUT2D eigenvalue weighted by Crippen LogP contribution is 2.20. The second-order valence-corrected chi connectivity index (χ2v) is 6.92. The summed E-state index contributed by atoms with van der Waals surface area (Å²) in [5.74, 6) is 0.0941. The van der Waals surface area contributed by atoms with Crippen LogP contribution in [0, 0.1) is 0 Å². The highest BCUT2D eigenvalue weighted by atomic mass is 16.1. The Balaban J connectivity index is 1.64. The Morgan fingerprint density at radius 3 is 2.04 bits per heavy atom. The van der Waals surface area contributed by atoms with Crippen molar-refractivity contribution in [3.05, 3.63) is 112 Å². The average molecular weight is 338 g/mol. The number of rotatable bonds is 3. The van der Waals surface area contributed by atoms with Crippen molar-refractivity contribution in [1.29, 1.82) is 0 Å². The lowest BCUT2D eigenvalue weighted by Gasteiger charge is -2.13. The summed E-state index contributed by atoms with van der Waals surface area (Å²) in [5.41, 5.74) is 6.96. The summed E-state index contributed by atoms with van der Waals surface area (Å²) in [6.07, 6.45) is 7.43. The molecule has 0 saturated carbocycles. The molecule has 7 rings (SSSR count). The summed E-state index contributed by atoms with van der Waals surface area (Å²) < 4.78 is 0. The summed E-state index contributed by atoms with van der Waals surface area (Å²) >= 11 is 0. The zero-order valence-electron chi connectivity index (χ0n) is 14.8. The van der Waals surface area contributed by atoms with Crippen LogP contribution in [0.3, 0.4) is 0 Å². The maximum Gasteiger partial charge on any atom is 0.186 e. The standard InChI is InChI=1S/C25H22O/c26-25(17-14-19-4-2-1-3-5-19)24-18-22-11-10-20-6-8-21(9-7-20)12-15-23(24)16-13-22/h1-9,13-14,16-18H,10-12,15H2. The molecule has 1 nitrogen and oxygen atoms in total. The molecule has 4 bridgehead atoms. The van der Waals surface area contributed by atoms with Gasteiger partial charge < -0.3 is 0 Å². The van der Waals surface area contributed by atoms with Gasteiger partial charge in [0.25, 0.3) is 0 Å². The maximum atomic E-state index is 12.9. The lowest BCUT2D eigenvalue weighted by molar-refractivity contribution is 0.104. The van der Waals surface area contributed by atoms with E-state index in [2.05, 4.69) is 42.5 Å². The van der Waals surface area contributed by atoms with Gasteiger partial charge in [-0.2, -0.15) is 0 Å². The number of hydrogen-bond donors (Lipinski definition) is 0. The van der Waals surface area contributed by atoms with Crippen LogP contribution < -0.4 is 0 Å². The summed E-state index contributed by atoms with van der Waals surface area (Å²) in [6.45, 7) is 0. The van der Waals surface area contributed by atoms with E-state index in [-0.39, 0.29) is 5.78 Å². The van der Waals surface area contributed by atoms with Crippen LogP contribution in [-0.2, 0) is 25.7 Å². The first-order valence-corrected chi connectivity index (χ1v) is 9.25. The molecule has 0 N–H and O–H groups in total. The minimum Gasteiger partial charge on any atom is -0.289 e. The molecular weight excluding hydrogens is 316 g/mol. The van der Waals surface area contributed by atoms with Crippen LogP contribution in [0.25, 0.3) is 6.08 Å². The molecule has 1 heteroatoms. The van der Waals surface area contributed by atoms with Gasteiger partial charge in [-0.15, -0.1) is 0 Å². The minimum atomic E-state index is 0.0941. The molecular formula is C25H22O. The zero-order chi connectivity index (χ0) is 17.8. The molecule has 0 saturated heterocycles. The normalized spacial score (nSPS) is 13.5. The van der Waals surface area contributed by atoms with Gasteiger partial charge in [0.2, 0.25) is 0 Å². The summed E-state index contributed by atoms with van der Waals surface area (Å²) in [4.78, 5) is 12.9. The third-order valence-corrected chi connectivity index (χ3v) is 5.07.